The van der Waals surface area contributed by atoms with Crippen LogP contribution in [0.5, 0.6) is 0 Å². The van der Waals surface area contributed by atoms with E-state index in [4.69, 9.17) is 10.3 Å². The van der Waals surface area contributed by atoms with E-state index in [0.29, 0.717) is 17.5 Å². The Bertz CT molecular complexity index is 445. The Morgan fingerprint density at radius 2 is 1.81 bits per heavy atom. The lowest BCUT2D eigenvalue weighted by molar-refractivity contribution is 0.394. The molecule has 0 radical (unpaired) electrons. The van der Waals surface area contributed by atoms with Crippen LogP contribution in [-0.4, -0.2) is 15.1 Å². The summed E-state index contributed by atoms with van der Waals surface area (Å²) >= 11 is 0. The lowest BCUT2D eigenvalue weighted by atomic mass is 10.2. The average Bonchev–Trinajstić information content (AvgIpc) is 2.66. The second-order valence-corrected chi connectivity index (χ2v) is 3.06. The van der Waals surface area contributed by atoms with Gasteiger partial charge in [-0.05, 0) is 19.1 Å². The number of nitrogens with two attached hydrogens (primary N) is 1. The third-order valence-corrected chi connectivity index (χ3v) is 1.76. The number of aromatic nitrogens is 3. The monoisotopic (exact) mass is 220 g/mol. The molecule has 0 aliphatic heterocycles. The topological polar surface area (TPSA) is 77.8 Å². The van der Waals surface area contributed by atoms with Crippen molar-refractivity contribution in [1.82, 2.24) is 15.1 Å². The molecule has 0 bridgehead atoms. The summed E-state index contributed by atoms with van der Waals surface area (Å²) in [5, 5.41) is 3.80. The van der Waals surface area contributed by atoms with Gasteiger partial charge in [-0.1, -0.05) is 19.0 Å². The fourth-order valence-corrected chi connectivity index (χ4v) is 1.24. The largest absolute Gasteiger partial charge is 0.384 e. The first-order valence-corrected chi connectivity index (χ1v) is 5.20. The van der Waals surface area contributed by atoms with Gasteiger partial charge in [0.25, 0.3) is 0 Å². The van der Waals surface area contributed by atoms with Crippen molar-refractivity contribution in [3.63, 3.8) is 0 Å². The van der Waals surface area contributed by atoms with Gasteiger partial charge in [-0.25, -0.2) is 4.98 Å². The highest BCUT2D eigenvalue weighted by atomic mass is 16.5. The van der Waals surface area contributed by atoms with E-state index in [2.05, 4.69) is 15.1 Å². The zero-order valence-corrected chi connectivity index (χ0v) is 9.98. The van der Waals surface area contributed by atoms with Gasteiger partial charge < -0.3 is 10.3 Å². The van der Waals surface area contributed by atoms with Crippen LogP contribution in [0.3, 0.4) is 0 Å². The van der Waals surface area contributed by atoms with Crippen molar-refractivity contribution >= 4 is 5.82 Å². The zero-order valence-electron chi connectivity index (χ0n) is 9.98. The highest BCUT2D eigenvalue weighted by molar-refractivity contribution is 5.58. The number of anilines is 1. The van der Waals surface area contributed by atoms with Gasteiger partial charge in [-0.2, -0.15) is 4.98 Å². The van der Waals surface area contributed by atoms with Gasteiger partial charge in [0.1, 0.15) is 5.82 Å². The summed E-state index contributed by atoms with van der Waals surface area (Å²) in [6.07, 6.45) is 0. The minimum Gasteiger partial charge on any atom is -0.384 e. The van der Waals surface area contributed by atoms with E-state index in [1.54, 1.807) is 13.0 Å². The molecule has 0 amide bonds. The van der Waals surface area contributed by atoms with Crippen molar-refractivity contribution in [1.29, 1.82) is 0 Å². The van der Waals surface area contributed by atoms with Crippen LogP contribution in [0.25, 0.3) is 11.4 Å². The summed E-state index contributed by atoms with van der Waals surface area (Å²) in [6.45, 7) is 7.61. The van der Waals surface area contributed by atoms with Crippen molar-refractivity contribution in [3.8, 4) is 11.4 Å². The molecule has 0 saturated heterocycles. The molecule has 0 atom stereocenters. The second-order valence-electron chi connectivity index (χ2n) is 3.06. The molecule has 0 fully saturated rings. The number of pyridine rings is 1. The molecule has 0 spiro atoms. The Balaban J connectivity index is 0.000000606. The summed E-state index contributed by atoms with van der Waals surface area (Å²) in [4.78, 5) is 8.16. The predicted octanol–water partition coefficient (Wildman–Crippen LogP) is 2.36. The highest BCUT2D eigenvalue weighted by Gasteiger charge is 2.06. The fraction of sp³-hybridized carbons (Fsp3) is 0.364. The summed E-state index contributed by atoms with van der Waals surface area (Å²) in [7, 11) is 0. The Hall–Kier alpha value is -1.91. The number of aryl methyl sites for hydroxylation is 2. The first-order chi connectivity index (χ1) is 7.65. The lowest BCUT2D eigenvalue weighted by Gasteiger charge is -1.98. The minimum atomic E-state index is 0.461. The molecule has 0 aliphatic carbocycles. The van der Waals surface area contributed by atoms with E-state index >= 15 is 0 Å². The minimum absolute atomic E-state index is 0.461. The predicted molar refractivity (Wildman–Crippen MR) is 62.8 cm³/mol. The second kappa shape index (κ2) is 5.25. The quantitative estimate of drug-likeness (QED) is 0.798. The Labute approximate surface area is 94.7 Å². The first-order valence-electron chi connectivity index (χ1n) is 5.20. The van der Waals surface area contributed by atoms with Crippen molar-refractivity contribution in [3.05, 3.63) is 23.7 Å². The molecule has 2 heterocycles. The van der Waals surface area contributed by atoms with E-state index in [0.717, 1.165) is 11.3 Å². The Morgan fingerprint density at radius 1 is 1.12 bits per heavy atom. The van der Waals surface area contributed by atoms with Gasteiger partial charge in [0.05, 0.1) is 0 Å². The SMILES string of the molecule is CC.Cc1cc(-c2noc(C)n2)cc(N)n1. The molecule has 2 aromatic rings. The molecule has 2 aromatic heterocycles. The van der Waals surface area contributed by atoms with Crippen molar-refractivity contribution in [2.24, 2.45) is 0 Å². The standard InChI is InChI=1S/C9H10N4O.C2H6/c1-5-3-7(4-8(10)11-5)9-12-6(2)14-13-9;1-2/h3-4H,1-2H3,(H2,10,11);1-2H3. The van der Waals surface area contributed by atoms with Crippen LogP contribution in [0.4, 0.5) is 5.82 Å². The van der Waals surface area contributed by atoms with Crippen LogP contribution in [0.2, 0.25) is 0 Å². The third-order valence-electron chi connectivity index (χ3n) is 1.76. The van der Waals surface area contributed by atoms with Crippen molar-refractivity contribution in [2.45, 2.75) is 27.7 Å². The third kappa shape index (κ3) is 2.79. The number of hydrogen-bond donors (Lipinski definition) is 1. The molecule has 16 heavy (non-hydrogen) atoms. The molecule has 2 rings (SSSR count). The zero-order chi connectivity index (χ0) is 12.1. The first kappa shape index (κ1) is 12.2. The van der Waals surface area contributed by atoms with Gasteiger partial charge in [0, 0.05) is 18.2 Å². The van der Waals surface area contributed by atoms with E-state index < -0.39 is 0 Å². The van der Waals surface area contributed by atoms with Gasteiger partial charge >= 0.3 is 0 Å². The number of hydrogen-bond acceptors (Lipinski definition) is 5. The molecule has 0 saturated carbocycles. The maximum Gasteiger partial charge on any atom is 0.223 e. The van der Waals surface area contributed by atoms with E-state index in [1.165, 1.54) is 0 Å². The summed E-state index contributed by atoms with van der Waals surface area (Å²) in [5.74, 6) is 1.54. The van der Waals surface area contributed by atoms with Crippen molar-refractivity contribution in [2.75, 3.05) is 5.73 Å². The number of nitrogens with zero attached hydrogens (tertiary/aromatic N) is 3. The van der Waals surface area contributed by atoms with E-state index in [1.807, 2.05) is 26.8 Å². The molecule has 0 aliphatic rings. The van der Waals surface area contributed by atoms with Crippen molar-refractivity contribution < 1.29 is 4.52 Å². The smallest absolute Gasteiger partial charge is 0.223 e. The summed E-state index contributed by atoms with van der Waals surface area (Å²) in [6, 6.07) is 3.58. The van der Waals surface area contributed by atoms with Gasteiger partial charge in [-0.15, -0.1) is 0 Å². The summed E-state index contributed by atoms with van der Waals surface area (Å²) in [5.41, 5.74) is 7.27. The van der Waals surface area contributed by atoms with Crippen LogP contribution in [0.15, 0.2) is 16.7 Å². The number of nitrogen functional groups attached to an aromatic ring is 1. The Morgan fingerprint density at radius 3 is 2.31 bits per heavy atom. The van der Waals surface area contributed by atoms with Gasteiger partial charge in [-0.3, -0.25) is 0 Å². The molecule has 5 heteroatoms. The molecular formula is C11H16N4O. The van der Waals surface area contributed by atoms with E-state index in [-0.39, 0.29) is 0 Å². The average molecular weight is 220 g/mol. The van der Waals surface area contributed by atoms with Crippen LogP contribution in [0, 0.1) is 13.8 Å². The van der Waals surface area contributed by atoms with Gasteiger partial charge in [0.15, 0.2) is 0 Å². The molecule has 2 N–H and O–H groups in total. The number of rotatable bonds is 1. The fourth-order valence-electron chi connectivity index (χ4n) is 1.24. The highest BCUT2D eigenvalue weighted by Crippen LogP contribution is 2.18. The van der Waals surface area contributed by atoms with Crippen LogP contribution in [-0.2, 0) is 0 Å². The Kier molecular flexibility index (Phi) is 3.99. The molecule has 0 aromatic carbocycles. The normalized spacial score (nSPS) is 9.50. The molecule has 86 valence electrons. The van der Waals surface area contributed by atoms with Crippen LogP contribution in [0.1, 0.15) is 25.4 Å². The maximum absolute atomic E-state index is 5.61. The van der Waals surface area contributed by atoms with Crippen LogP contribution < -0.4 is 5.73 Å². The molecular weight excluding hydrogens is 204 g/mol. The molecule has 5 nitrogen and oxygen atoms in total. The summed E-state index contributed by atoms with van der Waals surface area (Å²) < 4.78 is 4.88. The van der Waals surface area contributed by atoms with E-state index in [9.17, 15) is 0 Å². The van der Waals surface area contributed by atoms with Gasteiger partial charge in [0.2, 0.25) is 11.7 Å². The van der Waals surface area contributed by atoms with Crippen LogP contribution >= 0.6 is 0 Å². The molecule has 0 unspecified atom stereocenters. The maximum atomic E-state index is 5.61. The lowest BCUT2D eigenvalue weighted by Crippen LogP contribution is -1.93.